The molecule has 4 nitrogen and oxygen atoms in total. The van der Waals surface area contributed by atoms with Crippen LogP contribution in [0, 0.1) is 0 Å². The molecule has 1 N–H and O–H groups in total. The average molecular weight is 334 g/mol. The van der Waals surface area contributed by atoms with Crippen molar-refractivity contribution in [3.63, 3.8) is 0 Å². The second-order valence-electron chi connectivity index (χ2n) is 5.45. The van der Waals surface area contributed by atoms with Crippen LogP contribution >= 0.6 is 11.6 Å². The molecule has 0 saturated heterocycles. The number of rotatable bonds is 4. The van der Waals surface area contributed by atoms with Crippen LogP contribution in [-0.2, 0) is 6.54 Å². The molecule has 0 amide bonds. The molecule has 0 aromatic heterocycles. The molecule has 23 heavy (non-hydrogen) atoms. The Morgan fingerprint density at radius 2 is 1.78 bits per heavy atom. The molecule has 0 saturated carbocycles. The van der Waals surface area contributed by atoms with Crippen molar-refractivity contribution in [2.75, 3.05) is 27.9 Å². The van der Waals surface area contributed by atoms with E-state index in [-0.39, 0.29) is 5.92 Å². The van der Waals surface area contributed by atoms with Crippen molar-refractivity contribution in [2.24, 2.45) is 0 Å². The zero-order valence-electron chi connectivity index (χ0n) is 13.5. The molecular weight excluding hydrogens is 314 g/mol. The van der Waals surface area contributed by atoms with Crippen molar-refractivity contribution in [1.29, 1.82) is 0 Å². The Balaban J connectivity index is 2.09. The molecule has 0 aliphatic carbocycles. The number of nitrogens with one attached hydrogen (secondary N) is 1. The molecule has 0 radical (unpaired) electrons. The first kappa shape index (κ1) is 16.0. The molecule has 2 aromatic rings. The maximum absolute atomic E-state index is 6.55. The fourth-order valence-electron chi connectivity index (χ4n) is 3.08. The molecule has 1 aliphatic rings. The number of ether oxygens (including phenoxy) is 3. The quantitative estimate of drug-likeness (QED) is 0.928. The van der Waals surface area contributed by atoms with Crippen LogP contribution < -0.4 is 19.5 Å². The van der Waals surface area contributed by atoms with Crippen LogP contribution in [0.1, 0.15) is 22.6 Å². The monoisotopic (exact) mass is 333 g/mol. The van der Waals surface area contributed by atoms with E-state index in [1.165, 1.54) is 11.1 Å². The van der Waals surface area contributed by atoms with Crippen molar-refractivity contribution in [2.45, 2.75) is 12.5 Å². The number of halogens is 1. The van der Waals surface area contributed by atoms with Crippen molar-refractivity contribution in [3.8, 4) is 17.2 Å². The summed E-state index contributed by atoms with van der Waals surface area (Å²) in [5.41, 5.74) is 3.45. The molecule has 1 atom stereocenters. The minimum atomic E-state index is 0.210. The topological polar surface area (TPSA) is 39.7 Å². The second-order valence-corrected chi connectivity index (χ2v) is 5.83. The fraction of sp³-hybridized carbons (Fsp3) is 0.333. The molecule has 2 aromatic carbocycles. The van der Waals surface area contributed by atoms with Crippen LogP contribution in [0.2, 0.25) is 5.02 Å². The Bertz CT molecular complexity index is 700. The number of hydrogen-bond donors (Lipinski definition) is 1. The van der Waals surface area contributed by atoms with Gasteiger partial charge in [0.15, 0.2) is 11.5 Å². The number of benzene rings is 2. The summed E-state index contributed by atoms with van der Waals surface area (Å²) in [4.78, 5) is 0. The van der Waals surface area contributed by atoms with E-state index >= 15 is 0 Å². The van der Waals surface area contributed by atoms with Gasteiger partial charge in [0.05, 0.1) is 26.4 Å². The zero-order valence-corrected chi connectivity index (χ0v) is 14.2. The Morgan fingerprint density at radius 1 is 1.04 bits per heavy atom. The van der Waals surface area contributed by atoms with Gasteiger partial charge >= 0.3 is 0 Å². The van der Waals surface area contributed by atoms with E-state index in [0.29, 0.717) is 16.5 Å². The van der Waals surface area contributed by atoms with E-state index in [4.69, 9.17) is 25.8 Å². The minimum absolute atomic E-state index is 0.210. The molecule has 3 rings (SSSR count). The lowest BCUT2D eigenvalue weighted by Gasteiger charge is -2.29. The minimum Gasteiger partial charge on any atom is -0.497 e. The highest BCUT2D eigenvalue weighted by molar-refractivity contribution is 6.33. The van der Waals surface area contributed by atoms with Crippen LogP contribution in [-0.4, -0.2) is 27.9 Å². The van der Waals surface area contributed by atoms with E-state index < -0.39 is 0 Å². The highest BCUT2D eigenvalue weighted by Crippen LogP contribution is 2.44. The predicted molar refractivity (Wildman–Crippen MR) is 91.1 cm³/mol. The van der Waals surface area contributed by atoms with Crippen LogP contribution in [0.15, 0.2) is 30.3 Å². The number of methoxy groups -OCH3 is 3. The van der Waals surface area contributed by atoms with Crippen LogP contribution in [0.25, 0.3) is 0 Å². The second kappa shape index (κ2) is 6.69. The smallest absolute Gasteiger partial charge is 0.179 e. The number of hydrogen-bond acceptors (Lipinski definition) is 4. The first-order valence-corrected chi connectivity index (χ1v) is 7.85. The van der Waals surface area contributed by atoms with Gasteiger partial charge in [-0.3, -0.25) is 0 Å². The standard InChI is InChI=1S/C18H20ClNO3/c1-21-12-6-4-11(5-7-12)14-9-20-10-15-13(14)8-16(22-2)18(23-3)17(15)19/h4-8,14,20H,9-10H2,1-3H3. The summed E-state index contributed by atoms with van der Waals surface area (Å²) in [5.74, 6) is 2.31. The summed E-state index contributed by atoms with van der Waals surface area (Å²) >= 11 is 6.55. The van der Waals surface area contributed by atoms with Crippen LogP contribution in [0.4, 0.5) is 0 Å². The van der Waals surface area contributed by atoms with E-state index in [2.05, 4.69) is 17.4 Å². The lowest BCUT2D eigenvalue weighted by Crippen LogP contribution is -2.29. The van der Waals surface area contributed by atoms with E-state index in [0.717, 1.165) is 24.4 Å². The van der Waals surface area contributed by atoms with Crippen LogP contribution in [0.3, 0.4) is 0 Å². The summed E-state index contributed by atoms with van der Waals surface area (Å²) < 4.78 is 16.1. The summed E-state index contributed by atoms with van der Waals surface area (Å²) in [6.07, 6.45) is 0. The van der Waals surface area contributed by atoms with Gasteiger partial charge in [0, 0.05) is 19.0 Å². The summed E-state index contributed by atoms with van der Waals surface area (Å²) in [6, 6.07) is 10.2. The SMILES string of the molecule is COc1ccc(C2CNCc3c2cc(OC)c(OC)c3Cl)cc1. The summed E-state index contributed by atoms with van der Waals surface area (Å²) in [7, 11) is 4.90. The van der Waals surface area contributed by atoms with E-state index in [1.54, 1.807) is 21.3 Å². The Morgan fingerprint density at radius 3 is 2.39 bits per heavy atom. The van der Waals surface area contributed by atoms with Crippen LogP contribution in [0.5, 0.6) is 17.2 Å². The van der Waals surface area contributed by atoms with Gasteiger partial charge in [0.25, 0.3) is 0 Å². The molecule has 0 fully saturated rings. The van der Waals surface area contributed by atoms with Gasteiger partial charge < -0.3 is 19.5 Å². The predicted octanol–water partition coefficient (Wildman–Crippen LogP) is 3.60. The lowest BCUT2D eigenvalue weighted by atomic mass is 9.85. The maximum atomic E-state index is 6.55. The Labute approximate surface area is 141 Å². The highest BCUT2D eigenvalue weighted by atomic mass is 35.5. The first-order chi connectivity index (χ1) is 11.2. The van der Waals surface area contributed by atoms with E-state index in [1.807, 2.05) is 18.2 Å². The number of fused-ring (bicyclic) bond motifs is 1. The van der Waals surface area contributed by atoms with Gasteiger partial charge in [-0.05, 0) is 34.9 Å². The molecule has 5 heteroatoms. The largest absolute Gasteiger partial charge is 0.497 e. The van der Waals surface area contributed by atoms with Gasteiger partial charge in [-0.2, -0.15) is 0 Å². The van der Waals surface area contributed by atoms with Gasteiger partial charge in [-0.15, -0.1) is 0 Å². The molecule has 0 bridgehead atoms. The van der Waals surface area contributed by atoms with Crippen molar-refractivity contribution in [3.05, 3.63) is 52.0 Å². The third kappa shape index (κ3) is 2.84. The van der Waals surface area contributed by atoms with Gasteiger partial charge in [0.1, 0.15) is 5.75 Å². The molecule has 0 spiro atoms. The Kier molecular flexibility index (Phi) is 4.64. The molecule has 1 heterocycles. The van der Waals surface area contributed by atoms with E-state index in [9.17, 15) is 0 Å². The fourth-order valence-corrected chi connectivity index (χ4v) is 3.43. The third-order valence-electron chi connectivity index (χ3n) is 4.29. The van der Waals surface area contributed by atoms with Crippen molar-refractivity contribution in [1.82, 2.24) is 5.32 Å². The Hall–Kier alpha value is -1.91. The lowest BCUT2D eigenvalue weighted by molar-refractivity contribution is 0.353. The highest BCUT2D eigenvalue weighted by Gasteiger charge is 2.27. The normalized spacial score (nSPS) is 16.6. The zero-order chi connectivity index (χ0) is 16.4. The summed E-state index contributed by atoms with van der Waals surface area (Å²) in [5, 5.41) is 4.05. The summed E-state index contributed by atoms with van der Waals surface area (Å²) in [6.45, 7) is 1.58. The van der Waals surface area contributed by atoms with Gasteiger partial charge in [0.2, 0.25) is 0 Å². The first-order valence-electron chi connectivity index (χ1n) is 7.47. The van der Waals surface area contributed by atoms with Crippen molar-refractivity contribution >= 4 is 11.6 Å². The van der Waals surface area contributed by atoms with Gasteiger partial charge in [-0.25, -0.2) is 0 Å². The van der Waals surface area contributed by atoms with Crippen molar-refractivity contribution < 1.29 is 14.2 Å². The molecular formula is C18H20ClNO3. The maximum Gasteiger partial charge on any atom is 0.179 e. The van der Waals surface area contributed by atoms with Gasteiger partial charge in [-0.1, -0.05) is 23.7 Å². The molecule has 1 aliphatic heterocycles. The molecule has 122 valence electrons. The third-order valence-corrected chi connectivity index (χ3v) is 4.69. The molecule has 1 unspecified atom stereocenters. The average Bonchev–Trinajstić information content (AvgIpc) is 2.61.